The molecule has 9 fully saturated rings. The SMILES string of the molecule is CC1([C@@H]2CC[C@]3(C(=O)N4CCN(CCN5CCOCC5)CC4)CC[C@]4(C)[C@H](CC[C@@H]5[C@@]6(C)CC[C@H](OC(=O)[C@H]7C[C@@H](C(=O)O)C7(C)C)C(C)(C)[C@@H]6CC[C@]54C)[C@@H]23)CC1. The highest BCUT2D eigenvalue weighted by molar-refractivity contribution is 5.84. The Bertz CT molecular complexity index is 1630. The predicted octanol–water partition coefficient (Wildman–Crippen LogP) is 8.00. The smallest absolute Gasteiger partial charge is 0.309 e. The molecule has 2 heterocycles. The van der Waals surface area contributed by atoms with Gasteiger partial charge < -0.3 is 19.5 Å². The molecule has 7 saturated carbocycles. The van der Waals surface area contributed by atoms with Crippen LogP contribution in [0.4, 0.5) is 0 Å². The fourth-order valence-electron chi connectivity index (χ4n) is 17.1. The van der Waals surface area contributed by atoms with E-state index in [1.165, 1.54) is 44.9 Å². The number of fused-ring (bicyclic) bond motifs is 7. The molecule has 0 aromatic carbocycles. The van der Waals surface area contributed by atoms with Gasteiger partial charge in [-0.05, 0) is 140 Å². The molecule has 12 atom stereocenters. The van der Waals surface area contributed by atoms with Crippen LogP contribution < -0.4 is 0 Å². The number of morpholine rings is 1. The minimum absolute atomic E-state index is 0.138. The van der Waals surface area contributed by atoms with Gasteiger partial charge in [-0.25, -0.2) is 0 Å². The van der Waals surface area contributed by atoms with Gasteiger partial charge in [-0.2, -0.15) is 0 Å². The molecule has 7 aliphatic carbocycles. The predicted molar refractivity (Wildman–Crippen MR) is 225 cm³/mol. The standard InChI is InChI=1S/C49H79N3O6/c1-43(2)34(40(53)54)31-35(43)41(55)58-38-13-14-46(6)36(44(38,3)4)12-15-48(8)37(46)10-9-33-39-32(45(5)17-18-45)11-16-49(39,20-19-47(33,48)7)42(56)52-25-23-50(24-26-52)21-22-51-27-29-57-30-28-51/h32-39H,9-31H2,1-8H3,(H,53,54)/t32-,33-,34+,35-,36+,37-,38+,39-,46+,47-,48-,49+/m1/s1. The van der Waals surface area contributed by atoms with Crippen LogP contribution in [0.15, 0.2) is 0 Å². The monoisotopic (exact) mass is 806 g/mol. The van der Waals surface area contributed by atoms with Gasteiger partial charge >= 0.3 is 11.9 Å². The molecule has 1 amide bonds. The third-order valence-corrected chi connectivity index (χ3v) is 21.3. The van der Waals surface area contributed by atoms with Gasteiger partial charge in [0.25, 0.3) is 0 Å². The van der Waals surface area contributed by atoms with Crippen LogP contribution in [0.3, 0.4) is 0 Å². The summed E-state index contributed by atoms with van der Waals surface area (Å²) in [5.74, 6) is 1.55. The Morgan fingerprint density at radius 1 is 0.638 bits per heavy atom. The average molecular weight is 806 g/mol. The molecule has 2 aliphatic heterocycles. The Morgan fingerprint density at radius 3 is 1.95 bits per heavy atom. The second kappa shape index (κ2) is 14.2. The molecule has 326 valence electrons. The number of rotatable bonds is 8. The van der Waals surface area contributed by atoms with Crippen LogP contribution in [0.1, 0.15) is 139 Å². The second-order valence-electron chi connectivity index (χ2n) is 24.0. The summed E-state index contributed by atoms with van der Waals surface area (Å²) in [4.78, 5) is 48.3. The van der Waals surface area contributed by atoms with Crippen molar-refractivity contribution in [2.45, 2.75) is 145 Å². The van der Waals surface area contributed by atoms with Crippen molar-refractivity contribution in [1.82, 2.24) is 14.7 Å². The van der Waals surface area contributed by atoms with Crippen LogP contribution in [0, 0.1) is 79.3 Å². The molecule has 0 aromatic heterocycles. The van der Waals surface area contributed by atoms with E-state index in [0.717, 1.165) is 97.7 Å². The van der Waals surface area contributed by atoms with Crippen LogP contribution >= 0.6 is 0 Å². The molecule has 0 bridgehead atoms. The lowest BCUT2D eigenvalue weighted by Gasteiger charge is -2.73. The number of carboxylic acids is 1. The van der Waals surface area contributed by atoms with E-state index in [4.69, 9.17) is 9.47 Å². The Kier molecular flexibility index (Phi) is 10.2. The van der Waals surface area contributed by atoms with Gasteiger partial charge in [-0.3, -0.25) is 24.2 Å². The van der Waals surface area contributed by atoms with Crippen molar-refractivity contribution >= 4 is 17.8 Å². The zero-order valence-corrected chi connectivity index (χ0v) is 37.7. The summed E-state index contributed by atoms with van der Waals surface area (Å²) in [6.07, 6.45) is 14.3. The second-order valence-corrected chi connectivity index (χ2v) is 24.0. The Labute approximate surface area is 350 Å². The number of piperazine rings is 1. The third kappa shape index (κ3) is 6.08. The van der Waals surface area contributed by atoms with E-state index in [-0.39, 0.29) is 45.1 Å². The van der Waals surface area contributed by atoms with E-state index in [9.17, 15) is 14.7 Å². The first kappa shape index (κ1) is 41.6. The summed E-state index contributed by atoms with van der Waals surface area (Å²) >= 11 is 0. The van der Waals surface area contributed by atoms with Crippen LogP contribution in [0.25, 0.3) is 0 Å². The van der Waals surface area contributed by atoms with Crippen molar-refractivity contribution in [2.24, 2.45) is 79.3 Å². The zero-order chi connectivity index (χ0) is 41.3. The van der Waals surface area contributed by atoms with E-state index in [1.54, 1.807) is 0 Å². The van der Waals surface area contributed by atoms with Crippen molar-refractivity contribution in [3.8, 4) is 0 Å². The van der Waals surface area contributed by atoms with Gasteiger partial charge in [0.05, 0.1) is 30.5 Å². The number of esters is 1. The highest BCUT2D eigenvalue weighted by atomic mass is 16.5. The normalized spacial score (nSPS) is 46.7. The van der Waals surface area contributed by atoms with Crippen molar-refractivity contribution in [3.63, 3.8) is 0 Å². The van der Waals surface area contributed by atoms with E-state index >= 15 is 4.79 Å². The third-order valence-electron chi connectivity index (χ3n) is 21.3. The van der Waals surface area contributed by atoms with Crippen LogP contribution in [0.2, 0.25) is 0 Å². The van der Waals surface area contributed by atoms with Crippen LogP contribution in [-0.4, -0.2) is 109 Å². The number of amides is 1. The Morgan fingerprint density at radius 2 is 1.31 bits per heavy atom. The summed E-state index contributed by atoms with van der Waals surface area (Å²) < 4.78 is 12.1. The molecule has 2 saturated heterocycles. The molecule has 0 spiro atoms. The summed E-state index contributed by atoms with van der Waals surface area (Å²) in [5, 5.41) is 9.71. The number of carbonyl (C=O) groups excluding carboxylic acids is 2. The molecule has 9 heteroatoms. The van der Waals surface area contributed by atoms with Crippen molar-refractivity contribution in [2.75, 3.05) is 65.6 Å². The molecule has 1 N–H and O–H groups in total. The number of hydrogen-bond acceptors (Lipinski definition) is 7. The van der Waals surface area contributed by atoms with Gasteiger partial charge in [-0.1, -0.05) is 55.4 Å². The topological polar surface area (TPSA) is 99.6 Å². The van der Waals surface area contributed by atoms with Gasteiger partial charge in [0.15, 0.2) is 0 Å². The number of nitrogens with zero attached hydrogens (tertiary/aromatic N) is 3. The van der Waals surface area contributed by atoms with Crippen LogP contribution in [0.5, 0.6) is 0 Å². The average Bonchev–Trinajstić information content (AvgIpc) is 3.80. The highest BCUT2D eigenvalue weighted by Gasteiger charge is 2.74. The maximum Gasteiger partial charge on any atom is 0.309 e. The van der Waals surface area contributed by atoms with Crippen LogP contribution in [-0.2, 0) is 23.9 Å². The Balaban J connectivity index is 0.917. The van der Waals surface area contributed by atoms with Gasteiger partial charge in [0.1, 0.15) is 6.10 Å². The quantitative estimate of drug-likeness (QED) is 0.247. The molecular weight excluding hydrogens is 727 g/mol. The molecule has 9 nitrogen and oxygen atoms in total. The van der Waals surface area contributed by atoms with E-state index in [1.807, 2.05) is 13.8 Å². The molecule has 58 heavy (non-hydrogen) atoms. The molecule has 9 rings (SSSR count). The number of ether oxygens (including phenoxy) is 2. The molecule has 0 aromatic rings. The number of hydrogen-bond donors (Lipinski definition) is 1. The summed E-state index contributed by atoms with van der Waals surface area (Å²) in [7, 11) is 0. The van der Waals surface area contributed by atoms with Crippen molar-refractivity contribution in [1.29, 1.82) is 0 Å². The largest absolute Gasteiger partial charge is 0.481 e. The summed E-state index contributed by atoms with van der Waals surface area (Å²) in [5.41, 5.74) is 0.0700. The van der Waals surface area contributed by atoms with Crippen molar-refractivity contribution in [3.05, 3.63) is 0 Å². The molecular formula is C49H79N3O6. The molecule has 0 radical (unpaired) electrons. The Hall–Kier alpha value is -1.71. The molecule has 9 aliphatic rings. The number of carbonyl (C=O) groups is 3. The summed E-state index contributed by atoms with van der Waals surface area (Å²) in [6.45, 7) is 28.9. The highest BCUT2D eigenvalue weighted by Crippen LogP contribution is 2.79. The van der Waals surface area contributed by atoms with E-state index in [0.29, 0.717) is 47.3 Å². The minimum Gasteiger partial charge on any atom is -0.481 e. The first-order chi connectivity index (χ1) is 27.3. The lowest BCUT2D eigenvalue weighted by Crippen LogP contribution is -2.68. The van der Waals surface area contributed by atoms with Crippen molar-refractivity contribution < 1.29 is 29.0 Å². The fourth-order valence-corrected chi connectivity index (χ4v) is 17.1. The number of aliphatic carboxylic acids is 1. The van der Waals surface area contributed by atoms with E-state index in [2.05, 4.69) is 56.2 Å². The number of carboxylic acid groups (broad SMARTS) is 1. The maximum absolute atomic E-state index is 15.3. The minimum atomic E-state index is -0.804. The fraction of sp³-hybridized carbons (Fsp3) is 0.939. The zero-order valence-electron chi connectivity index (χ0n) is 37.7. The molecule has 0 unspecified atom stereocenters. The first-order valence-corrected chi connectivity index (χ1v) is 24.1. The lowest BCUT2D eigenvalue weighted by molar-refractivity contribution is -0.253. The summed E-state index contributed by atoms with van der Waals surface area (Å²) in [6, 6.07) is 0. The first-order valence-electron chi connectivity index (χ1n) is 24.1. The van der Waals surface area contributed by atoms with Gasteiger partial charge in [0.2, 0.25) is 5.91 Å². The lowest BCUT2D eigenvalue weighted by atomic mass is 9.32. The van der Waals surface area contributed by atoms with Gasteiger partial charge in [0, 0.05) is 57.8 Å². The maximum atomic E-state index is 15.3. The van der Waals surface area contributed by atoms with E-state index < -0.39 is 17.3 Å². The van der Waals surface area contributed by atoms with Gasteiger partial charge in [-0.15, -0.1) is 0 Å².